The molecule has 0 aliphatic rings. The highest BCUT2D eigenvalue weighted by atomic mass is 32.2. The van der Waals surface area contributed by atoms with Crippen molar-refractivity contribution in [2.24, 2.45) is 0 Å². The molecule has 1 heterocycles. The van der Waals surface area contributed by atoms with Gasteiger partial charge in [0, 0.05) is 24.5 Å². The van der Waals surface area contributed by atoms with Gasteiger partial charge in [-0.15, -0.1) is 5.10 Å². The van der Waals surface area contributed by atoms with E-state index in [1.54, 1.807) is 11.8 Å². The molecule has 9 heteroatoms. The summed E-state index contributed by atoms with van der Waals surface area (Å²) < 4.78 is 6.93. The van der Waals surface area contributed by atoms with Crippen molar-refractivity contribution >= 4 is 29.0 Å². The third-order valence-electron chi connectivity index (χ3n) is 4.37. The van der Waals surface area contributed by atoms with Crippen LogP contribution in [0.1, 0.15) is 13.8 Å². The largest absolute Gasteiger partial charge is 0.494 e. The number of tetrazole rings is 1. The molecule has 3 rings (SSSR count). The third-order valence-corrected chi connectivity index (χ3v) is 5.29. The van der Waals surface area contributed by atoms with Gasteiger partial charge < -0.3 is 15.0 Å². The molecule has 0 radical (unpaired) electrons. The fourth-order valence-electron chi connectivity index (χ4n) is 2.90. The van der Waals surface area contributed by atoms with Gasteiger partial charge in [0.05, 0.1) is 12.9 Å². The molecule has 1 aromatic heterocycles. The summed E-state index contributed by atoms with van der Waals surface area (Å²) in [6, 6.07) is 15.3. The van der Waals surface area contributed by atoms with Gasteiger partial charge in [-0.3, -0.25) is 4.79 Å². The zero-order chi connectivity index (χ0) is 20.6. The Morgan fingerprint density at radius 1 is 1.14 bits per heavy atom. The molecule has 0 aliphatic carbocycles. The molecule has 1 N–H and O–H groups in total. The average molecular weight is 413 g/mol. The van der Waals surface area contributed by atoms with Gasteiger partial charge >= 0.3 is 0 Å². The number of hydrogen-bond donors (Lipinski definition) is 1. The number of carbonyl (C=O) groups excluding carboxylic acids is 1. The second kappa shape index (κ2) is 9.92. The lowest BCUT2D eigenvalue weighted by atomic mass is 10.2. The number of nitrogens with zero attached hydrogens (tertiary/aromatic N) is 5. The van der Waals surface area contributed by atoms with Crippen LogP contribution in [0.5, 0.6) is 5.75 Å². The first-order valence-electron chi connectivity index (χ1n) is 9.35. The summed E-state index contributed by atoms with van der Waals surface area (Å²) in [6.45, 7) is 6.13. The van der Waals surface area contributed by atoms with Crippen LogP contribution in [0.2, 0.25) is 0 Å². The summed E-state index contributed by atoms with van der Waals surface area (Å²) in [5.74, 6) is 0.715. The molecule has 0 atom stereocenters. The van der Waals surface area contributed by atoms with Gasteiger partial charge in [0.15, 0.2) is 0 Å². The number of hydrogen-bond acceptors (Lipinski definition) is 7. The fraction of sp³-hybridized carbons (Fsp3) is 0.300. The Kier molecular flexibility index (Phi) is 7.07. The summed E-state index contributed by atoms with van der Waals surface area (Å²) in [5, 5.41) is 15.2. The first-order chi connectivity index (χ1) is 14.2. The molecule has 0 fully saturated rings. The molecule has 8 nitrogen and oxygen atoms in total. The van der Waals surface area contributed by atoms with E-state index < -0.39 is 0 Å². The van der Waals surface area contributed by atoms with Crippen molar-refractivity contribution in [1.29, 1.82) is 0 Å². The highest BCUT2D eigenvalue weighted by Crippen LogP contribution is 2.25. The van der Waals surface area contributed by atoms with Crippen molar-refractivity contribution in [2.75, 3.05) is 36.2 Å². The average Bonchev–Trinajstić information content (AvgIpc) is 3.22. The Balaban J connectivity index is 1.61. The molecule has 3 aromatic rings. The zero-order valence-electron chi connectivity index (χ0n) is 16.7. The first kappa shape index (κ1) is 20.7. The maximum atomic E-state index is 12.4. The van der Waals surface area contributed by atoms with Gasteiger partial charge in [0.2, 0.25) is 11.1 Å². The predicted molar refractivity (Wildman–Crippen MR) is 115 cm³/mol. The molecule has 29 heavy (non-hydrogen) atoms. The van der Waals surface area contributed by atoms with E-state index in [2.05, 4.69) is 39.6 Å². The molecule has 0 saturated carbocycles. The lowest BCUT2D eigenvalue weighted by Crippen LogP contribution is -2.21. The van der Waals surface area contributed by atoms with Crippen LogP contribution < -0.4 is 15.0 Å². The van der Waals surface area contributed by atoms with Crippen LogP contribution in [-0.2, 0) is 4.79 Å². The second-order valence-electron chi connectivity index (χ2n) is 6.10. The number of thioether (sulfide) groups is 1. The minimum atomic E-state index is -0.125. The number of carbonyl (C=O) groups is 1. The third kappa shape index (κ3) is 5.05. The van der Waals surface area contributed by atoms with Crippen molar-refractivity contribution in [1.82, 2.24) is 20.2 Å². The zero-order valence-corrected chi connectivity index (χ0v) is 17.5. The van der Waals surface area contributed by atoms with Gasteiger partial charge in [-0.25, -0.2) is 0 Å². The van der Waals surface area contributed by atoms with Crippen LogP contribution in [-0.4, -0.2) is 52.1 Å². The lowest BCUT2D eigenvalue weighted by molar-refractivity contribution is -0.113. The first-order valence-corrected chi connectivity index (χ1v) is 10.3. The maximum absolute atomic E-state index is 12.4. The summed E-state index contributed by atoms with van der Waals surface area (Å²) >= 11 is 1.26. The number of amides is 1. The maximum Gasteiger partial charge on any atom is 0.234 e. The number of methoxy groups -OCH3 is 1. The Bertz CT molecular complexity index is 940. The number of ether oxygens (including phenoxy) is 1. The van der Waals surface area contributed by atoms with Crippen LogP contribution in [0, 0.1) is 0 Å². The van der Waals surface area contributed by atoms with E-state index in [-0.39, 0.29) is 11.7 Å². The number of aromatic nitrogens is 4. The van der Waals surface area contributed by atoms with E-state index >= 15 is 0 Å². The standard InChI is InChI=1S/C20H24N6O2S/c1-4-25(5-2)16-12-10-15(11-13-16)21-19(27)14-29-20-22-23-24-26(20)17-8-6-7-9-18(17)28-3/h6-13H,4-5,14H2,1-3H3,(H,21,27). The number of rotatable bonds is 9. The molecule has 0 unspecified atom stereocenters. The molecule has 0 bridgehead atoms. The highest BCUT2D eigenvalue weighted by Gasteiger charge is 2.14. The summed E-state index contributed by atoms with van der Waals surface area (Å²) in [5.41, 5.74) is 2.61. The predicted octanol–water partition coefficient (Wildman–Crippen LogP) is 3.25. The molecular formula is C20H24N6O2S. The van der Waals surface area contributed by atoms with E-state index in [0.717, 1.165) is 30.2 Å². The summed E-state index contributed by atoms with van der Waals surface area (Å²) in [7, 11) is 1.59. The molecule has 2 aromatic carbocycles. The minimum Gasteiger partial charge on any atom is -0.494 e. The van der Waals surface area contributed by atoms with Crippen LogP contribution in [0.25, 0.3) is 5.69 Å². The Morgan fingerprint density at radius 2 is 1.86 bits per heavy atom. The van der Waals surface area contributed by atoms with Gasteiger partial charge in [-0.05, 0) is 60.7 Å². The normalized spacial score (nSPS) is 10.6. The second-order valence-corrected chi connectivity index (χ2v) is 7.04. The van der Waals surface area contributed by atoms with Crippen LogP contribution in [0.4, 0.5) is 11.4 Å². The SMILES string of the molecule is CCN(CC)c1ccc(NC(=O)CSc2nnnn2-c2ccccc2OC)cc1. The van der Waals surface area contributed by atoms with E-state index in [9.17, 15) is 4.79 Å². The van der Waals surface area contributed by atoms with Gasteiger partial charge in [-0.1, -0.05) is 23.9 Å². The van der Waals surface area contributed by atoms with E-state index in [4.69, 9.17) is 4.74 Å². The highest BCUT2D eigenvalue weighted by molar-refractivity contribution is 7.99. The van der Waals surface area contributed by atoms with Crippen molar-refractivity contribution < 1.29 is 9.53 Å². The lowest BCUT2D eigenvalue weighted by Gasteiger charge is -2.21. The number of benzene rings is 2. The Hall–Kier alpha value is -3.07. The van der Waals surface area contributed by atoms with E-state index in [1.807, 2.05) is 48.5 Å². The number of nitrogens with one attached hydrogen (secondary N) is 1. The molecule has 1 amide bonds. The van der Waals surface area contributed by atoms with Crippen molar-refractivity contribution in [2.45, 2.75) is 19.0 Å². The van der Waals surface area contributed by atoms with Gasteiger partial charge in [0.1, 0.15) is 11.4 Å². The molecule has 152 valence electrons. The molecule has 0 spiro atoms. The van der Waals surface area contributed by atoms with Crippen LogP contribution >= 0.6 is 11.8 Å². The van der Waals surface area contributed by atoms with Crippen molar-refractivity contribution in [3.8, 4) is 11.4 Å². The quantitative estimate of drug-likeness (QED) is 0.540. The van der Waals surface area contributed by atoms with Crippen molar-refractivity contribution in [3.63, 3.8) is 0 Å². The van der Waals surface area contributed by atoms with Gasteiger partial charge in [-0.2, -0.15) is 4.68 Å². The summed E-state index contributed by atoms with van der Waals surface area (Å²) in [6.07, 6.45) is 0. The monoisotopic (exact) mass is 412 g/mol. The minimum absolute atomic E-state index is 0.125. The van der Waals surface area contributed by atoms with Crippen LogP contribution in [0.3, 0.4) is 0 Å². The number of para-hydroxylation sites is 2. The molecule has 0 saturated heterocycles. The van der Waals surface area contributed by atoms with Crippen molar-refractivity contribution in [3.05, 3.63) is 48.5 Å². The number of anilines is 2. The molecule has 0 aliphatic heterocycles. The summed E-state index contributed by atoms with van der Waals surface area (Å²) in [4.78, 5) is 14.6. The topological polar surface area (TPSA) is 85.2 Å². The fourth-order valence-corrected chi connectivity index (χ4v) is 3.58. The Labute approximate surface area is 174 Å². The smallest absolute Gasteiger partial charge is 0.234 e. The Morgan fingerprint density at radius 3 is 2.55 bits per heavy atom. The van der Waals surface area contributed by atoms with Crippen LogP contribution in [0.15, 0.2) is 53.7 Å². The van der Waals surface area contributed by atoms with Gasteiger partial charge in [0.25, 0.3) is 0 Å². The van der Waals surface area contributed by atoms with E-state index in [0.29, 0.717) is 10.9 Å². The van der Waals surface area contributed by atoms with E-state index in [1.165, 1.54) is 11.8 Å². The molecular weight excluding hydrogens is 388 g/mol.